The molecule has 1 aliphatic heterocycles. The molecule has 2 N–H and O–H groups in total. The number of morpholine rings is 1. The third kappa shape index (κ3) is 4.28. The number of anilines is 2. The van der Waals surface area contributed by atoms with E-state index in [1.807, 2.05) is 26.8 Å². The van der Waals surface area contributed by atoms with Gasteiger partial charge in [0.25, 0.3) is 0 Å². The van der Waals surface area contributed by atoms with Crippen molar-refractivity contribution in [2.75, 3.05) is 36.5 Å². The summed E-state index contributed by atoms with van der Waals surface area (Å²) in [6.07, 6.45) is 0.867. The lowest BCUT2D eigenvalue weighted by Gasteiger charge is -2.42. The topological polar surface area (TPSA) is 70.5 Å². The highest BCUT2D eigenvalue weighted by Gasteiger charge is 2.33. The number of hydrogen-bond acceptors (Lipinski definition) is 6. The summed E-state index contributed by atoms with van der Waals surface area (Å²) in [5.74, 6) is 2.48. The third-order valence-corrected chi connectivity index (χ3v) is 3.39. The molecule has 0 amide bonds. The molecule has 0 spiro atoms. The molecule has 1 unspecified atom stereocenters. The molecule has 21 heavy (non-hydrogen) atoms. The van der Waals surface area contributed by atoms with Crippen molar-refractivity contribution in [1.82, 2.24) is 9.97 Å². The number of aryl methyl sites for hydroxylation is 1. The number of nitrogens with zero attached hydrogens (tertiary/aromatic N) is 3. The van der Waals surface area contributed by atoms with E-state index in [0.29, 0.717) is 6.54 Å². The van der Waals surface area contributed by atoms with E-state index < -0.39 is 0 Å². The van der Waals surface area contributed by atoms with Crippen LogP contribution >= 0.6 is 0 Å². The summed E-state index contributed by atoms with van der Waals surface area (Å²) >= 11 is 0. The van der Waals surface area contributed by atoms with Crippen LogP contribution in [0.4, 0.5) is 11.6 Å². The molecule has 1 aromatic rings. The second-order valence-electron chi connectivity index (χ2n) is 6.15. The molecule has 0 saturated carbocycles. The van der Waals surface area contributed by atoms with E-state index in [2.05, 4.69) is 27.1 Å². The largest absolute Gasteiger partial charge is 0.394 e. The Kier molecular flexibility index (Phi) is 5.00. The van der Waals surface area contributed by atoms with Crippen LogP contribution in [0.5, 0.6) is 0 Å². The van der Waals surface area contributed by atoms with Gasteiger partial charge in [-0.3, -0.25) is 0 Å². The lowest BCUT2D eigenvalue weighted by Crippen LogP contribution is -2.54. The summed E-state index contributed by atoms with van der Waals surface area (Å²) in [7, 11) is 0. The second-order valence-corrected chi connectivity index (χ2v) is 6.15. The van der Waals surface area contributed by atoms with E-state index in [-0.39, 0.29) is 18.3 Å². The molecule has 118 valence electrons. The predicted molar refractivity (Wildman–Crippen MR) is 83.8 cm³/mol. The molecule has 1 fully saturated rings. The molecule has 1 aliphatic rings. The number of ether oxygens (including phenoxy) is 1. The highest BCUT2D eigenvalue weighted by atomic mass is 16.5. The monoisotopic (exact) mass is 294 g/mol. The zero-order valence-corrected chi connectivity index (χ0v) is 13.4. The Balaban J connectivity index is 2.21. The first-order chi connectivity index (χ1) is 9.93. The summed E-state index contributed by atoms with van der Waals surface area (Å²) < 4.78 is 5.85. The lowest BCUT2D eigenvalue weighted by atomic mass is 10.1. The van der Waals surface area contributed by atoms with Crippen molar-refractivity contribution in [2.45, 2.75) is 45.8 Å². The standard InChI is InChI=1S/C15H26N4O2/c1-5-6-16-13-7-14(18-11(2)17-13)19-8-12(9-20)21-15(3,4)10-19/h7,12,20H,5-6,8-10H2,1-4H3,(H,16,17,18). The molecule has 6 nitrogen and oxygen atoms in total. The summed E-state index contributed by atoms with van der Waals surface area (Å²) in [6, 6.07) is 1.97. The van der Waals surface area contributed by atoms with Gasteiger partial charge >= 0.3 is 0 Å². The molecule has 2 heterocycles. The fourth-order valence-electron chi connectivity index (χ4n) is 2.62. The van der Waals surface area contributed by atoms with Crippen LogP contribution in [0.2, 0.25) is 0 Å². The van der Waals surface area contributed by atoms with Crippen molar-refractivity contribution < 1.29 is 9.84 Å². The van der Waals surface area contributed by atoms with Crippen LogP contribution in [0.1, 0.15) is 33.0 Å². The van der Waals surface area contributed by atoms with Crippen molar-refractivity contribution >= 4 is 11.6 Å². The van der Waals surface area contributed by atoms with Crippen LogP contribution in [-0.4, -0.2) is 53.0 Å². The first kappa shape index (κ1) is 16.0. The van der Waals surface area contributed by atoms with E-state index in [9.17, 15) is 5.11 Å². The molecule has 1 saturated heterocycles. The molecule has 0 radical (unpaired) electrons. The molecule has 0 bridgehead atoms. The molecule has 1 aromatic heterocycles. The Morgan fingerprint density at radius 1 is 1.48 bits per heavy atom. The van der Waals surface area contributed by atoms with Gasteiger partial charge in [-0.15, -0.1) is 0 Å². The number of rotatable bonds is 5. The zero-order valence-electron chi connectivity index (χ0n) is 13.4. The van der Waals surface area contributed by atoms with Gasteiger partial charge in [-0.2, -0.15) is 0 Å². The third-order valence-electron chi connectivity index (χ3n) is 3.39. The summed E-state index contributed by atoms with van der Waals surface area (Å²) in [5.41, 5.74) is -0.304. The molecule has 2 rings (SSSR count). The number of aliphatic hydroxyl groups excluding tert-OH is 1. The Hall–Kier alpha value is -1.40. The van der Waals surface area contributed by atoms with Gasteiger partial charge < -0.3 is 20.1 Å². The van der Waals surface area contributed by atoms with Crippen LogP contribution in [0.15, 0.2) is 6.07 Å². The molecular weight excluding hydrogens is 268 g/mol. The minimum absolute atomic E-state index is 0.0188. The highest BCUT2D eigenvalue weighted by molar-refractivity contribution is 5.50. The Bertz CT molecular complexity index is 479. The Morgan fingerprint density at radius 2 is 2.24 bits per heavy atom. The molecule has 6 heteroatoms. The van der Waals surface area contributed by atoms with Crippen molar-refractivity contribution in [3.63, 3.8) is 0 Å². The van der Waals surface area contributed by atoms with E-state index >= 15 is 0 Å². The molecule has 0 aromatic carbocycles. The fraction of sp³-hybridized carbons (Fsp3) is 0.733. The molecule has 0 aliphatic carbocycles. The summed E-state index contributed by atoms with van der Waals surface area (Å²) in [6.45, 7) is 10.4. The van der Waals surface area contributed by atoms with Gasteiger partial charge in [0.05, 0.1) is 18.3 Å². The maximum atomic E-state index is 9.42. The second kappa shape index (κ2) is 6.58. The maximum Gasteiger partial charge on any atom is 0.134 e. The smallest absolute Gasteiger partial charge is 0.134 e. The maximum absolute atomic E-state index is 9.42. The summed E-state index contributed by atoms with van der Waals surface area (Å²) in [4.78, 5) is 11.1. The number of nitrogens with one attached hydrogen (secondary N) is 1. The SMILES string of the molecule is CCCNc1cc(N2CC(CO)OC(C)(C)C2)nc(C)n1. The first-order valence-corrected chi connectivity index (χ1v) is 7.56. The van der Waals surface area contributed by atoms with Crippen LogP contribution in [0.25, 0.3) is 0 Å². The van der Waals surface area contributed by atoms with E-state index in [4.69, 9.17) is 4.74 Å². The average Bonchev–Trinajstić information content (AvgIpc) is 2.42. The van der Waals surface area contributed by atoms with Crippen molar-refractivity contribution in [3.05, 3.63) is 11.9 Å². The first-order valence-electron chi connectivity index (χ1n) is 7.56. The minimum atomic E-state index is -0.304. The number of aromatic nitrogens is 2. The van der Waals surface area contributed by atoms with E-state index in [1.54, 1.807) is 0 Å². The zero-order chi connectivity index (χ0) is 15.5. The van der Waals surface area contributed by atoms with Crippen molar-refractivity contribution in [1.29, 1.82) is 0 Å². The van der Waals surface area contributed by atoms with Gasteiger partial charge in [-0.1, -0.05) is 6.92 Å². The number of aliphatic hydroxyl groups is 1. The van der Waals surface area contributed by atoms with Gasteiger partial charge in [0.2, 0.25) is 0 Å². The van der Waals surface area contributed by atoms with Gasteiger partial charge in [-0.25, -0.2) is 9.97 Å². The van der Waals surface area contributed by atoms with Crippen LogP contribution in [0, 0.1) is 6.92 Å². The normalized spacial score (nSPS) is 21.4. The van der Waals surface area contributed by atoms with Crippen LogP contribution < -0.4 is 10.2 Å². The Morgan fingerprint density at radius 3 is 2.90 bits per heavy atom. The van der Waals surface area contributed by atoms with E-state index in [0.717, 1.165) is 37.0 Å². The van der Waals surface area contributed by atoms with Gasteiger partial charge in [0.15, 0.2) is 0 Å². The van der Waals surface area contributed by atoms with Gasteiger partial charge in [0.1, 0.15) is 17.5 Å². The van der Waals surface area contributed by atoms with Gasteiger partial charge in [-0.05, 0) is 27.2 Å². The van der Waals surface area contributed by atoms with Crippen LogP contribution in [-0.2, 0) is 4.74 Å². The van der Waals surface area contributed by atoms with Crippen molar-refractivity contribution in [3.8, 4) is 0 Å². The predicted octanol–water partition coefficient (Wildman–Crippen LogP) is 1.58. The highest BCUT2D eigenvalue weighted by Crippen LogP contribution is 2.26. The average molecular weight is 294 g/mol. The Labute approximate surface area is 126 Å². The fourth-order valence-corrected chi connectivity index (χ4v) is 2.62. The lowest BCUT2D eigenvalue weighted by molar-refractivity contribution is -0.101. The quantitative estimate of drug-likeness (QED) is 0.859. The molecular formula is C15H26N4O2. The number of hydrogen-bond donors (Lipinski definition) is 2. The van der Waals surface area contributed by atoms with Crippen LogP contribution in [0.3, 0.4) is 0 Å². The minimum Gasteiger partial charge on any atom is -0.394 e. The summed E-state index contributed by atoms with van der Waals surface area (Å²) in [5, 5.41) is 12.7. The van der Waals surface area contributed by atoms with Crippen molar-refractivity contribution in [2.24, 2.45) is 0 Å². The molecule has 1 atom stereocenters. The van der Waals surface area contributed by atoms with E-state index in [1.165, 1.54) is 0 Å². The van der Waals surface area contributed by atoms with Gasteiger partial charge in [0, 0.05) is 25.7 Å².